The summed E-state index contributed by atoms with van der Waals surface area (Å²) in [5, 5.41) is 0.170. The number of rotatable bonds is 4. The molecular weight excluding hydrogens is 353 g/mol. The molecule has 138 valence electrons. The maximum Gasteiger partial charge on any atom is 0.255 e. The molecule has 0 unspecified atom stereocenters. The molecular formula is C20H23ClFN3O. The lowest BCUT2D eigenvalue weighted by molar-refractivity contribution is 0.0702. The summed E-state index contributed by atoms with van der Waals surface area (Å²) < 4.78 is 15.5. The molecule has 1 aromatic heterocycles. The van der Waals surface area contributed by atoms with E-state index in [2.05, 4.69) is 15.7 Å². The van der Waals surface area contributed by atoms with Crippen LogP contribution in [-0.4, -0.2) is 33.4 Å². The summed E-state index contributed by atoms with van der Waals surface area (Å²) in [7, 11) is 0. The molecule has 1 saturated heterocycles. The van der Waals surface area contributed by atoms with Crippen LogP contribution in [0.2, 0.25) is 5.02 Å². The molecule has 0 radical (unpaired) electrons. The Balaban J connectivity index is 1.49. The summed E-state index contributed by atoms with van der Waals surface area (Å²) in [6.45, 7) is 2.37. The summed E-state index contributed by atoms with van der Waals surface area (Å²) in [6.07, 6.45) is 9.83. The molecule has 1 atom stereocenters. The lowest BCUT2D eigenvalue weighted by Crippen LogP contribution is -2.40. The third kappa shape index (κ3) is 3.50. The summed E-state index contributed by atoms with van der Waals surface area (Å²) in [6, 6.07) is 3.95. The van der Waals surface area contributed by atoms with Crippen LogP contribution in [0, 0.1) is 11.7 Å². The van der Waals surface area contributed by atoms with Crippen LogP contribution in [0.5, 0.6) is 0 Å². The van der Waals surface area contributed by atoms with Crippen LogP contribution in [0.4, 0.5) is 4.39 Å². The number of amides is 1. The number of hydrogen-bond acceptors (Lipinski definition) is 2. The number of aromatic nitrogens is 2. The number of piperidine rings is 1. The predicted molar refractivity (Wildman–Crippen MR) is 98.9 cm³/mol. The van der Waals surface area contributed by atoms with Crippen molar-refractivity contribution in [3.8, 4) is 0 Å². The Kier molecular flexibility index (Phi) is 4.98. The molecule has 26 heavy (non-hydrogen) atoms. The van der Waals surface area contributed by atoms with Crippen LogP contribution in [0.15, 0.2) is 30.6 Å². The maximum absolute atomic E-state index is 13.3. The lowest BCUT2D eigenvalue weighted by atomic mass is 9.85. The van der Waals surface area contributed by atoms with Crippen LogP contribution < -0.4 is 0 Å². The molecule has 1 aromatic carbocycles. The van der Waals surface area contributed by atoms with E-state index in [1.807, 2.05) is 11.1 Å². The Labute approximate surface area is 158 Å². The van der Waals surface area contributed by atoms with E-state index in [0.29, 0.717) is 18.7 Å². The second-order valence-electron chi connectivity index (χ2n) is 7.45. The average molecular weight is 376 g/mol. The Morgan fingerprint density at radius 3 is 2.85 bits per heavy atom. The summed E-state index contributed by atoms with van der Waals surface area (Å²) in [5.41, 5.74) is 0.367. The topological polar surface area (TPSA) is 38.1 Å². The fourth-order valence-electron chi connectivity index (χ4n) is 3.99. The van der Waals surface area contributed by atoms with Crippen molar-refractivity contribution in [1.29, 1.82) is 0 Å². The van der Waals surface area contributed by atoms with E-state index in [0.717, 1.165) is 31.1 Å². The minimum absolute atomic E-state index is 0.128. The number of carbonyl (C=O) groups is 1. The first kappa shape index (κ1) is 17.5. The van der Waals surface area contributed by atoms with Crippen LogP contribution in [0.1, 0.15) is 54.2 Å². The highest BCUT2D eigenvalue weighted by atomic mass is 35.5. The fourth-order valence-corrected chi connectivity index (χ4v) is 4.24. The zero-order chi connectivity index (χ0) is 18.1. The van der Waals surface area contributed by atoms with Crippen molar-refractivity contribution in [2.24, 2.45) is 5.92 Å². The third-order valence-electron chi connectivity index (χ3n) is 5.66. The number of hydrogen-bond donors (Lipinski definition) is 0. The SMILES string of the molecule is O=C(c1ccc(F)cc1Cl)N1CCC[C@@H](c2nccn2CC2CCC2)C1. The molecule has 2 heterocycles. The van der Waals surface area contributed by atoms with Crippen LogP contribution >= 0.6 is 11.6 Å². The van der Waals surface area contributed by atoms with Gasteiger partial charge in [-0.2, -0.15) is 0 Å². The van der Waals surface area contributed by atoms with Gasteiger partial charge in [0.2, 0.25) is 0 Å². The van der Waals surface area contributed by atoms with E-state index < -0.39 is 5.82 Å². The van der Waals surface area contributed by atoms with Crippen molar-refractivity contribution in [3.63, 3.8) is 0 Å². The highest BCUT2D eigenvalue weighted by molar-refractivity contribution is 6.33. The lowest BCUT2D eigenvalue weighted by Gasteiger charge is -2.34. The van der Waals surface area contributed by atoms with E-state index in [1.54, 1.807) is 0 Å². The van der Waals surface area contributed by atoms with Crippen LogP contribution in [-0.2, 0) is 6.54 Å². The van der Waals surface area contributed by atoms with E-state index in [-0.39, 0.29) is 16.8 Å². The molecule has 2 aromatic rings. The fraction of sp³-hybridized carbons (Fsp3) is 0.500. The van der Waals surface area contributed by atoms with Gasteiger partial charge in [-0.05, 0) is 49.8 Å². The van der Waals surface area contributed by atoms with Crippen molar-refractivity contribution in [3.05, 3.63) is 52.8 Å². The van der Waals surface area contributed by atoms with E-state index in [9.17, 15) is 9.18 Å². The molecule has 0 bridgehead atoms. The Morgan fingerprint density at radius 1 is 1.27 bits per heavy atom. The average Bonchev–Trinajstić information content (AvgIpc) is 3.06. The van der Waals surface area contributed by atoms with Gasteiger partial charge in [0.15, 0.2) is 0 Å². The van der Waals surface area contributed by atoms with E-state index >= 15 is 0 Å². The van der Waals surface area contributed by atoms with E-state index in [1.165, 1.54) is 37.5 Å². The van der Waals surface area contributed by atoms with E-state index in [4.69, 9.17) is 11.6 Å². The van der Waals surface area contributed by atoms with Gasteiger partial charge < -0.3 is 9.47 Å². The molecule has 1 saturated carbocycles. The van der Waals surface area contributed by atoms with Gasteiger partial charge in [0.1, 0.15) is 11.6 Å². The Morgan fingerprint density at radius 2 is 2.12 bits per heavy atom. The predicted octanol–water partition coefficient (Wildman–Crippen LogP) is 4.50. The van der Waals surface area contributed by atoms with Gasteiger partial charge in [0, 0.05) is 37.9 Å². The van der Waals surface area contributed by atoms with Gasteiger partial charge in [-0.25, -0.2) is 9.37 Å². The third-order valence-corrected chi connectivity index (χ3v) is 5.98. The quantitative estimate of drug-likeness (QED) is 0.789. The van der Waals surface area contributed by atoms with Gasteiger partial charge in [-0.15, -0.1) is 0 Å². The number of likely N-dealkylation sites (tertiary alicyclic amines) is 1. The normalized spacial score (nSPS) is 20.8. The minimum atomic E-state index is -0.430. The smallest absolute Gasteiger partial charge is 0.255 e. The molecule has 1 aliphatic heterocycles. The molecule has 4 nitrogen and oxygen atoms in total. The Hall–Kier alpha value is -1.88. The van der Waals surface area contributed by atoms with Crippen LogP contribution in [0.25, 0.3) is 0 Å². The minimum Gasteiger partial charge on any atom is -0.338 e. The number of carbonyl (C=O) groups excluding carboxylic acids is 1. The van der Waals surface area contributed by atoms with Crippen molar-refractivity contribution in [2.75, 3.05) is 13.1 Å². The van der Waals surface area contributed by atoms with Gasteiger partial charge in [0.05, 0.1) is 10.6 Å². The van der Waals surface area contributed by atoms with Crippen molar-refractivity contribution < 1.29 is 9.18 Å². The molecule has 4 rings (SSSR count). The van der Waals surface area contributed by atoms with Crippen molar-refractivity contribution in [1.82, 2.24) is 14.5 Å². The van der Waals surface area contributed by atoms with Gasteiger partial charge in [0.25, 0.3) is 5.91 Å². The first-order chi connectivity index (χ1) is 12.6. The molecule has 6 heteroatoms. The second-order valence-corrected chi connectivity index (χ2v) is 7.86. The van der Waals surface area contributed by atoms with Gasteiger partial charge in [-0.1, -0.05) is 18.0 Å². The van der Waals surface area contributed by atoms with Crippen molar-refractivity contribution in [2.45, 2.75) is 44.6 Å². The standard InChI is InChI=1S/C20H23ClFN3O/c21-18-11-16(22)6-7-17(18)20(26)25-9-2-5-15(13-25)19-23-8-10-24(19)12-14-3-1-4-14/h6-8,10-11,14-15H,1-5,9,12-13H2/t15-/m1/s1. The molecule has 2 aliphatic rings. The van der Waals surface area contributed by atoms with Gasteiger partial charge in [-0.3, -0.25) is 4.79 Å². The number of nitrogens with zero attached hydrogens (tertiary/aromatic N) is 3. The first-order valence-electron chi connectivity index (χ1n) is 9.37. The summed E-state index contributed by atoms with van der Waals surface area (Å²) >= 11 is 6.08. The zero-order valence-corrected chi connectivity index (χ0v) is 15.5. The van der Waals surface area contributed by atoms with Crippen LogP contribution in [0.3, 0.4) is 0 Å². The summed E-state index contributed by atoms with van der Waals surface area (Å²) in [4.78, 5) is 19.3. The monoisotopic (exact) mass is 375 g/mol. The van der Waals surface area contributed by atoms with Crippen molar-refractivity contribution >= 4 is 17.5 Å². The second kappa shape index (κ2) is 7.39. The van der Waals surface area contributed by atoms with Gasteiger partial charge >= 0.3 is 0 Å². The highest BCUT2D eigenvalue weighted by Gasteiger charge is 2.29. The first-order valence-corrected chi connectivity index (χ1v) is 9.75. The number of benzene rings is 1. The molecule has 1 amide bonds. The largest absolute Gasteiger partial charge is 0.338 e. The molecule has 1 aliphatic carbocycles. The molecule has 0 N–H and O–H groups in total. The highest BCUT2D eigenvalue weighted by Crippen LogP contribution is 2.32. The maximum atomic E-state index is 13.3. The molecule has 2 fully saturated rings. The summed E-state index contributed by atoms with van der Waals surface area (Å²) in [5.74, 6) is 1.53. The Bertz CT molecular complexity index is 802. The zero-order valence-electron chi connectivity index (χ0n) is 14.7. The molecule has 0 spiro atoms. The number of imidazole rings is 1. The number of halogens is 2.